The van der Waals surface area contributed by atoms with Crippen molar-refractivity contribution < 1.29 is 4.74 Å². The van der Waals surface area contributed by atoms with Crippen LogP contribution in [-0.4, -0.2) is 63.0 Å². The summed E-state index contributed by atoms with van der Waals surface area (Å²) in [5.41, 5.74) is 2.60. The minimum absolute atomic E-state index is 0.256. The Hall–Kier alpha value is -2.91. The number of aromatic nitrogens is 4. The number of hydrogen-bond acceptors (Lipinski definition) is 6. The molecule has 2 aliphatic heterocycles. The van der Waals surface area contributed by atoms with Crippen LogP contribution in [0.4, 0.5) is 11.6 Å². The van der Waals surface area contributed by atoms with Gasteiger partial charge in [0.25, 0.3) is 5.56 Å². The summed E-state index contributed by atoms with van der Waals surface area (Å²) in [6, 6.07) is 8.29. The number of aryl methyl sites for hydroxylation is 2. The highest BCUT2D eigenvalue weighted by atomic mass is 16.5. The fraction of sp³-hybridized carbons (Fsp3) is 0.522. The smallest absolute Gasteiger partial charge is 0.332 e. The van der Waals surface area contributed by atoms with Gasteiger partial charge in [0, 0.05) is 52.0 Å². The molecule has 1 atom stereocenters. The van der Waals surface area contributed by atoms with E-state index in [0.717, 1.165) is 31.3 Å². The van der Waals surface area contributed by atoms with Crippen molar-refractivity contribution >= 4 is 22.8 Å². The number of imidazole rings is 1. The Morgan fingerprint density at radius 2 is 1.91 bits per heavy atom. The van der Waals surface area contributed by atoms with Gasteiger partial charge in [0.2, 0.25) is 5.95 Å². The molecule has 5 rings (SSSR count). The third-order valence-electron chi connectivity index (χ3n) is 6.50. The van der Waals surface area contributed by atoms with Gasteiger partial charge in [0.15, 0.2) is 11.2 Å². The number of ether oxygens (including phenoxy) is 1. The van der Waals surface area contributed by atoms with Crippen molar-refractivity contribution in [2.24, 2.45) is 13.0 Å². The summed E-state index contributed by atoms with van der Waals surface area (Å²) in [5, 5.41) is 0. The molecule has 3 aromatic rings. The van der Waals surface area contributed by atoms with E-state index in [1.807, 2.05) is 10.6 Å². The highest BCUT2D eigenvalue weighted by molar-refractivity contribution is 5.77. The van der Waals surface area contributed by atoms with Crippen LogP contribution in [0.25, 0.3) is 11.2 Å². The van der Waals surface area contributed by atoms with Gasteiger partial charge in [0.1, 0.15) is 0 Å². The predicted octanol–water partition coefficient (Wildman–Crippen LogP) is 1.33. The van der Waals surface area contributed by atoms with Gasteiger partial charge in [-0.05, 0) is 30.5 Å². The predicted molar refractivity (Wildman–Crippen MR) is 124 cm³/mol. The quantitative estimate of drug-likeness (QED) is 0.612. The van der Waals surface area contributed by atoms with Gasteiger partial charge in [0.05, 0.1) is 13.2 Å². The number of morpholine rings is 1. The second-order valence-electron chi connectivity index (χ2n) is 9.00. The van der Waals surface area contributed by atoms with Gasteiger partial charge in [-0.15, -0.1) is 0 Å². The van der Waals surface area contributed by atoms with E-state index in [-0.39, 0.29) is 11.2 Å². The lowest BCUT2D eigenvalue weighted by atomic mass is 10.1. The summed E-state index contributed by atoms with van der Waals surface area (Å²) < 4.78 is 10.3. The first kappa shape index (κ1) is 21.0. The average Bonchev–Trinajstić information content (AvgIpc) is 3.17. The fourth-order valence-corrected chi connectivity index (χ4v) is 4.78. The maximum absolute atomic E-state index is 13.5. The maximum Gasteiger partial charge on any atom is 0.332 e. The van der Waals surface area contributed by atoms with E-state index in [4.69, 9.17) is 9.72 Å². The molecule has 0 aliphatic carbocycles. The molecule has 9 nitrogen and oxygen atoms in total. The van der Waals surface area contributed by atoms with Crippen LogP contribution in [0.5, 0.6) is 0 Å². The molecule has 1 aromatic carbocycles. The molecule has 0 saturated carbocycles. The molecule has 0 spiro atoms. The first-order chi connectivity index (χ1) is 15.4. The van der Waals surface area contributed by atoms with Crippen LogP contribution >= 0.6 is 0 Å². The van der Waals surface area contributed by atoms with Crippen molar-refractivity contribution in [2.75, 3.05) is 44.3 Å². The molecule has 32 heavy (non-hydrogen) atoms. The molecule has 2 aliphatic rings. The molecule has 0 N–H and O–H groups in total. The Kier molecular flexibility index (Phi) is 5.38. The molecule has 1 fully saturated rings. The van der Waals surface area contributed by atoms with E-state index in [1.165, 1.54) is 14.7 Å². The second kappa shape index (κ2) is 8.22. The molecule has 2 aromatic heterocycles. The first-order valence-corrected chi connectivity index (χ1v) is 11.3. The summed E-state index contributed by atoms with van der Waals surface area (Å²) in [5.74, 6) is 1.06. The standard InChI is InChI=1S/C23H30N6O3/c1-16-5-4-6-18(13-16)28-14-17(2)15-29-19-20(24-22(28)29)25(3)23(31)27(21(19)30)8-7-26-9-11-32-12-10-26/h4-6,13,17H,7-12,14-15H2,1-3H3/t17-/m1/s1. The van der Waals surface area contributed by atoms with E-state index >= 15 is 0 Å². The molecule has 0 bridgehead atoms. The Morgan fingerprint density at radius 1 is 1.12 bits per heavy atom. The van der Waals surface area contributed by atoms with Crippen LogP contribution in [0.3, 0.4) is 0 Å². The zero-order chi connectivity index (χ0) is 22.4. The van der Waals surface area contributed by atoms with Crippen LogP contribution in [-0.2, 0) is 24.9 Å². The summed E-state index contributed by atoms with van der Waals surface area (Å²) in [6.07, 6.45) is 0. The zero-order valence-electron chi connectivity index (χ0n) is 19.0. The zero-order valence-corrected chi connectivity index (χ0v) is 19.0. The highest BCUT2D eigenvalue weighted by Gasteiger charge is 2.30. The van der Waals surface area contributed by atoms with Gasteiger partial charge in [-0.1, -0.05) is 19.1 Å². The van der Waals surface area contributed by atoms with Crippen molar-refractivity contribution in [3.63, 3.8) is 0 Å². The molecule has 4 heterocycles. The van der Waals surface area contributed by atoms with Crippen molar-refractivity contribution in [3.8, 4) is 0 Å². The number of nitrogens with zero attached hydrogens (tertiary/aromatic N) is 6. The largest absolute Gasteiger partial charge is 0.379 e. The van der Waals surface area contributed by atoms with Gasteiger partial charge < -0.3 is 14.2 Å². The third-order valence-corrected chi connectivity index (χ3v) is 6.50. The molecule has 170 valence electrons. The third kappa shape index (κ3) is 3.55. The number of rotatable bonds is 4. The topological polar surface area (TPSA) is 77.5 Å². The fourth-order valence-electron chi connectivity index (χ4n) is 4.78. The summed E-state index contributed by atoms with van der Waals surface area (Å²) in [4.78, 5) is 35.8. The van der Waals surface area contributed by atoms with Crippen LogP contribution < -0.4 is 16.1 Å². The van der Waals surface area contributed by atoms with E-state index in [0.29, 0.717) is 49.9 Å². The van der Waals surface area contributed by atoms with E-state index in [9.17, 15) is 9.59 Å². The monoisotopic (exact) mass is 438 g/mol. The summed E-state index contributed by atoms with van der Waals surface area (Å²) >= 11 is 0. The first-order valence-electron chi connectivity index (χ1n) is 11.3. The Bertz CT molecular complexity index is 1270. The highest BCUT2D eigenvalue weighted by Crippen LogP contribution is 2.33. The molecule has 0 radical (unpaired) electrons. The van der Waals surface area contributed by atoms with E-state index < -0.39 is 0 Å². The lowest BCUT2D eigenvalue weighted by Crippen LogP contribution is -2.44. The molecule has 0 amide bonds. The molecule has 1 saturated heterocycles. The number of benzene rings is 1. The normalized spacial score (nSPS) is 19.5. The number of hydrogen-bond donors (Lipinski definition) is 0. The van der Waals surface area contributed by atoms with E-state index in [2.05, 4.69) is 41.8 Å². The average molecular weight is 439 g/mol. The second-order valence-corrected chi connectivity index (χ2v) is 9.00. The lowest BCUT2D eigenvalue weighted by molar-refractivity contribution is 0.0361. The van der Waals surface area contributed by atoms with Crippen LogP contribution in [0, 0.1) is 12.8 Å². The van der Waals surface area contributed by atoms with Crippen LogP contribution in [0.1, 0.15) is 12.5 Å². The van der Waals surface area contributed by atoms with Crippen LogP contribution in [0.15, 0.2) is 33.9 Å². The van der Waals surface area contributed by atoms with Crippen molar-refractivity contribution in [2.45, 2.75) is 26.9 Å². The van der Waals surface area contributed by atoms with Gasteiger partial charge >= 0.3 is 5.69 Å². The Balaban J connectivity index is 1.61. The summed E-state index contributed by atoms with van der Waals surface area (Å²) in [6.45, 7) is 9.79. The number of fused-ring (bicyclic) bond motifs is 3. The van der Waals surface area contributed by atoms with Gasteiger partial charge in [-0.3, -0.25) is 18.8 Å². The lowest BCUT2D eigenvalue weighted by Gasteiger charge is -2.33. The maximum atomic E-state index is 13.5. The summed E-state index contributed by atoms with van der Waals surface area (Å²) in [7, 11) is 1.70. The number of anilines is 2. The van der Waals surface area contributed by atoms with Crippen molar-refractivity contribution in [1.29, 1.82) is 0 Å². The molecular weight excluding hydrogens is 408 g/mol. The SMILES string of the molecule is Cc1cccc(N2C[C@@H](C)Cn3c2nc2c3c(=O)n(CCN3CCOCC3)c(=O)n2C)c1. The Labute approximate surface area is 186 Å². The minimum Gasteiger partial charge on any atom is -0.379 e. The van der Waals surface area contributed by atoms with Crippen molar-refractivity contribution in [3.05, 3.63) is 50.7 Å². The van der Waals surface area contributed by atoms with E-state index in [1.54, 1.807) is 7.05 Å². The van der Waals surface area contributed by atoms with Gasteiger partial charge in [-0.25, -0.2) is 4.79 Å². The molecular formula is C23H30N6O3. The molecule has 9 heteroatoms. The molecule has 0 unspecified atom stereocenters. The van der Waals surface area contributed by atoms with Gasteiger partial charge in [-0.2, -0.15) is 4.98 Å². The van der Waals surface area contributed by atoms with Crippen molar-refractivity contribution in [1.82, 2.24) is 23.6 Å². The Morgan fingerprint density at radius 3 is 2.66 bits per heavy atom. The minimum atomic E-state index is -0.318. The van der Waals surface area contributed by atoms with Crippen LogP contribution in [0.2, 0.25) is 0 Å².